The maximum absolute atomic E-state index is 12.6. The highest BCUT2D eigenvalue weighted by Gasteiger charge is 2.23. The van der Waals surface area contributed by atoms with Gasteiger partial charge in [0.1, 0.15) is 17.4 Å². The van der Waals surface area contributed by atoms with Crippen LogP contribution in [0.15, 0.2) is 29.4 Å². The van der Waals surface area contributed by atoms with Crippen LogP contribution in [0.25, 0.3) is 0 Å². The Labute approximate surface area is 195 Å². The Morgan fingerprint density at radius 3 is 2.66 bits per heavy atom. The lowest BCUT2D eigenvalue weighted by Crippen LogP contribution is -2.16. The van der Waals surface area contributed by atoms with Gasteiger partial charge in [-0.1, -0.05) is 36.9 Å². The number of rotatable bonds is 9. The fourth-order valence-corrected chi connectivity index (χ4v) is 5.04. The van der Waals surface area contributed by atoms with Crippen molar-refractivity contribution in [3.8, 4) is 5.75 Å². The van der Waals surface area contributed by atoms with E-state index in [9.17, 15) is 9.59 Å². The molecular formula is C22H26N4O4S2. The van der Waals surface area contributed by atoms with Crippen molar-refractivity contribution in [2.24, 2.45) is 7.05 Å². The molecule has 0 radical (unpaired) electrons. The molecule has 1 amide bonds. The molecule has 0 atom stereocenters. The molecule has 10 heteroatoms. The van der Waals surface area contributed by atoms with Gasteiger partial charge in [-0.3, -0.25) is 4.79 Å². The first-order valence-electron chi connectivity index (χ1n) is 10.1. The summed E-state index contributed by atoms with van der Waals surface area (Å²) in [6.45, 7) is 6.16. The number of nitrogens with zero attached hydrogens (tertiary/aromatic N) is 3. The number of thioether (sulfide) groups is 1. The number of benzene rings is 1. The molecule has 0 saturated heterocycles. The predicted molar refractivity (Wildman–Crippen MR) is 126 cm³/mol. The molecule has 32 heavy (non-hydrogen) atoms. The molecule has 0 saturated carbocycles. The Kier molecular flexibility index (Phi) is 7.92. The number of aromatic nitrogens is 3. The molecule has 3 rings (SSSR count). The molecule has 0 spiro atoms. The number of anilines is 1. The minimum absolute atomic E-state index is 0.129. The number of amides is 1. The molecule has 0 aliphatic carbocycles. The molecule has 0 aliphatic rings. The molecule has 0 bridgehead atoms. The summed E-state index contributed by atoms with van der Waals surface area (Å²) in [7, 11) is 3.17. The molecule has 170 valence electrons. The number of ether oxygens (including phenoxy) is 2. The summed E-state index contributed by atoms with van der Waals surface area (Å²) in [5.74, 6) is 0.906. The average molecular weight is 475 g/mol. The molecule has 8 nitrogen and oxygen atoms in total. The minimum Gasteiger partial charge on any atom is -0.485 e. The van der Waals surface area contributed by atoms with E-state index in [4.69, 9.17) is 9.47 Å². The smallest absolute Gasteiger partial charge is 0.341 e. The van der Waals surface area contributed by atoms with Gasteiger partial charge in [-0.05, 0) is 37.5 Å². The maximum Gasteiger partial charge on any atom is 0.341 e. The monoisotopic (exact) mass is 474 g/mol. The van der Waals surface area contributed by atoms with Crippen molar-refractivity contribution in [2.45, 2.75) is 39.0 Å². The van der Waals surface area contributed by atoms with Gasteiger partial charge in [0.2, 0.25) is 5.91 Å². The van der Waals surface area contributed by atoms with Crippen LogP contribution in [-0.2, 0) is 29.6 Å². The number of esters is 1. The number of para-hydroxylation sites is 1. The van der Waals surface area contributed by atoms with Gasteiger partial charge in [-0.25, -0.2) is 4.79 Å². The van der Waals surface area contributed by atoms with Crippen LogP contribution in [0.4, 0.5) is 5.00 Å². The lowest BCUT2D eigenvalue weighted by molar-refractivity contribution is -0.113. The van der Waals surface area contributed by atoms with Crippen molar-refractivity contribution in [2.75, 3.05) is 18.2 Å². The number of nitrogens with one attached hydrogen (secondary N) is 1. The largest absolute Gasteiger partial charge is 0.485 e. The molecule has 0 fully saturated rings. The zero-order valence-electron chi connectivity index (χ0n) is 18.7. The van der Waals surface area contributed by atoms with Crippen molar-refractivity contribution < 1.29 is 19.1 Å². The van der Waals surface area contributed by atoms with E-state index in [1.807, 2.05) is 52.1 Å². The van der Waals surface area contributed by atoms with Gasteiger partial charge in [0, 0.05) is 11.9 Å². The highest BCUT2D eigenvalue weighted by atomic mass is 32.2. The Morgan fingerprint density at radius 2 is 1.97 bits per heavy atom. The van der Waals surface area contributed by atoms with E-state index in [-0.39, 0.29) is 18.3 Å². The Balaban J connectivity index is 1.61. The number of carbonyl (C=O) groups excluding carboxylic acids is 2. The third-order valence-electron chi connectivity index (χ3n) is 4.91. The number of thiophene rings is 1. The third-order valence-corrected chi connectivity index (χ3v) is 7.00. The lowest BCUT2D eigenvalue weighted by Gasteiger charge is -2.09. The van der Waals surface area contributed by atoms with Gasteiger partial charge < -0.3 is 19.4 Å². The Bertz CT molecular complexity index is 1120. The Hall–Kier alpha value is -2.85. The molecular weight excluding hydrogens is 448 g/mol. The summed E-state index contributed by atoms with van der Waals surface area (Å²) in [5.41, 5.74) is 2.38. The second kappa shape index (κ2) is 10.6. The summed E-state index contributed by atoms with van der Waals surface area (Å²) in [4.78, 5) is 25.8. The van der Waals surface area contributed by atoms with Crippen LogP contribution in [0, 0.1) is 13.8 Å². The van der Waals surface area contributed by atoms with Crippen molar-refractivity contribution in [1.29, 1.82) is 0 Å². The first-order valence-corrected chi connectivity index (χ1v) is 11.9. The number of aryl methyl sites for hydroxylation is 2. The van der Waals surface area contributed by atoms with Crippen molar-refractivity contribution in [3.63, 3.8) is 0 Å². The average Bonchev–Trinajstić information content (AvgIpc) is 3.29. The van der Waals surface area contributed by atoms with E-state index >= 15 is 0 Å². The summed E-state index contributed by atoms with van der Waals surface area (Å²) in [5, 5.41) is 12.3. The number of hydrogen-bond acceptors (Lipinski definition) is 8. The van der Waals surface area contributed by atoms with Crippen LogP contribution in [0.3, 0.4) is 0 Å². The summed E-state index contributed by atoms with van der Waals surface area (Å²) < 4.78 is 12.5. The van der Waals surface area contributed by atoms with Gasteiger partial charge in [0.05, 0.1) is 18.4 Å². The van der Waals surface area contributed by atoms with Gasteiger partial charge in [-0.15, -0.1) is 21.5 Å². The minimum atomic E-state index is -0.444. The molecule has 1 aromatic carbocycles. The van der Waals surface area contributed by atoms with E-state index in [1.165, 1.54) is 30.2 Å². The summed E-state index contributed by atoms with van der Waals surface area (Å²) in [6.07, 6.45) is 0.684. The van der Waals surface area contributed by atoms with E-state index < -0.39 is 5.97 Å². The molecule has 2 heterocycles. The molecule has 1 N–H and O–H groups in total. The van der Waals surface area contributed by atoms with Gasteiger partial charge in [0.15, 0.2) is 11.0 Å². The van der Waals surface area contributed by atoms with E-state index in [0.717, 1.165) is 21.8 Å². The van der Waals surface area contributed by atoms with E-state index in [0.29, 0.717) is 28.0 Å². The van der Waals surface area contributed by atoms with Crippen LogP contribution in [0.5, 0.6) is 5.75 Å². The van der Waals surface area contributed by atoms with Crippen LogP contribution < -0.4 is 10.1 Å². The van der Waals surface area contributed by atoms with Crippen molar-refractivity contribution in [3.05, 3.63) is 51.7 Å². The zero-order valence-corrected chi connectivity index (χ0v) is 20.4. The maximum atomic E-state index is 12.6. The normalized spacial score (nSPS) is 10.8. The summed E-state index contributed by atoms with van der Waals surface area (Å²) >= 11 is 2.65. The van der Waals surface area contributed by atoms with Crippen LogP contribution in [-0.4, -0.2) is 39.5 Å². The fourth-order valence-electron chi connectivity index (χ4n) is 3.16. The SMILES string of the molecule is CCc1c(C)sc(NC(=O)CSc2nnc(COc3ccccc3C)n2C)c1C(=O)OC. The number of methoxy groups -OCH3 is 1. The lowest BCUT2D eigenvalue weighted by atomic mass is 10.1. The summed E-state index contributed by atoms with van der Waals surface area (Å²) in [6, 6.07) is 7.77. The molecule has 2 aromatic heterocycles. The van der Waals surface area contributed by atoms with Crippen molar-refractivity contribution >= 4 is 40.0 Å². The second-order valence-electron chi connectivity index (χ2n) is 7.03. The highest BCUT2D eigenvalue weighted by molar-refractivity contribution is 7.99. The van der Waals surface area contributed by atoms with Gasteiger partial charge >= 0.3 is 5.97 Å². The number of carbonyl (C=O) groups is 2. The first-order chi connectivity index (χ1) is 15.3. The van der Waals surface area contributed by atoms with E-state index in [1.54, 1.807) is 4.57 Å². The first kappa shape index (κ1) is 23.8. The predicted octanol–water partition coefficient (Wildman–Crippen LogP) is 4.15. The van der Waals surface area contributed by atoms with Gasteiger partial charge in [0.25, 0.3) is 0 Å². The quantitative estimate of drug-likeness (QED) is 0.368. The van der Waals surface area contributed by atoms with Crippen LogP contribution in [0.2, 0.25) is 0 Å². The highest BCUT2D eigenvalue weighted by Crippen LogP contribution is 2.34. The molecule has 0 unspecified atom stereocenters. The zero-order chi connectivity index (χ0) is 23.3. The second-order valence-corrected chi connectivity index (χ2v) is 9.20. The standard InChI is InChI=1S/C22H26N4O4S2/c1-6-15-14(3)32-20(19(15)21(28)29-5)23-18(27)12-31-22-25-24-17(26(22)4)11-30-16-10-8-7-9-13(16)2/h7-10H,6,11-12H2,1-5H3,(H,23,27). The third kappa shape index (κ3) is 5.31. The molecule has 0 aliphatic heterocycles. The van der Waals surface area contributed by atoms with Gasteiger partial charge in [-0.2, -0.15) is 0 Å². The number of hydrogen-bond donors (Lipinski definition) is 1. The van der Waals surface area contributed by atoms with Crippen molar-refractivity contribution in [1.82, 2.24) is 14.8 Å². The van der Waals surface area contributed by atoms with Crippen LogP contribution in [0.1, 0.15) is 39.1 Å². The van der Waals surface area contributed by atoms with E-state index in [2.05, 4.69) is 15.5 Å². The fraction of sp³-hybridized carbons (Fsp3) is 0.364. The Morgan fingerprint density at radius 1 is 1.22 bits per heavy atom. The van der Waals surface area contributed by atoms with Crippen LogP contribution >= 0.6 is 23.1 Å². The topological polar surface area (TPSA) is 95.3 Å². The molecule has 3 aromatic rings.